The van der Waals surface area contributed by atoms with Crippen molar-refractivity contribution in [1.29, 1.82) is 0 Å². The van der Waals surface area contributed by atoms with Crippen molar-refractivity contribution in [2.45, 2.75) is 25.0 Å². The average Bonchev–Trinajstić information content (AvgIpc) is 3.32. The summed E-state index contributed by atoms with van der Waals surface area (Å²) < 4.78 is 11.0. The van der Waals surface area contributed by atoms with Crippen LogP contribution < -0.4 is 15.0 Å². The molecule has 0 bridgehead atoms. The maximum Gasteiger partial charge on any atom is 0.286 e. The standard InChI is InChI=1S/C28H34N4O4S/c33-24(20-36-25-4-2-1-3-5-25)19-29-22-10-12-31(13-11-22)23-8-6-21(7-9-23)18-26-27(34)30-28(37-26)32-14-16-35-17-15-32/h1-9,18,22,24,29,33H,10-17,19-20H2/t24-/m0/s1. The number of nitrogens with one attached hydrogen (secondary N) is 1. The molecule has 2 aromatic rings. The van der Waals surface area contributed by atoms with Gasteiger partial charge in [0.2, 0.25) is 0 Å². The Balaban J connectivity index is 1.05. The highest BCUT2D eigenvalue weighted by molar-refractivity contribution is 8.18. The first-order valence-corrected chi connectivity index (χ1v) is 13.8. The fourth-order valence-electron chi connectivity index (χ4n) is 4.63. The number of aliphatic imine (C=N–C) groups is 1. The van der Waals surface area contributed by atoms with E-state index in [-0.39, 0.29) is 12.5 Å². The third-order valence-electron chi connectivity index (χ3n) is 6.77. The maximum atomic E-state index is 12.4. The normalized spacial score (nSPS) is 20.8. The molecule has 1 atom stereocenters. The van der Waals surface area contributed by atoms with Crippen LogP contribution in [-0.2, 0) is 9.53 Å². The fourth-order valence-corrected chi connectivity index (χ4v) is 5.60. The largest absolute Gasteiger partial charge is 0.491 e. The van der Waals surface area contributed by atoms with Gasteiger partial charge in [0.1, 0.15) is 18.5 Å². The second-order valence-electron chi connectivity index (χ2n) is 9.45. The Kier molecular flexibility index (Phi) is 8.78. The van der Waals surface area contributed by atoms with E-state index >= 15 is 0 Å². The second kappa shape index (κ2) is 12.6. The van der Waals surface area contributed by atoms with Gasteiger partial charge in [-0.25, -0.2) is 0 Å². The first kappa shape index (κ1) is 25.8. The summed E-state index contributed by atoms with van der Waals surface area (Å²) in [6, 6.07) is 18.3. The number of benzene rings is 2. The van der Waals surface area contributed by atoms with Crippen LogP contribution >= 0.6 is 11.8 Å². The van der Waals surface area contributed by atoms with Crippen molar-refractivity contribution in [3.63, 3.8) is 0 Å². The molecular formula is C28H34N4O4S. The molecule has 3 aliphatic heterocycles. The van der Waals surface area contributed by atoms with Crippen LogP contribution in [0, 0.1) is 0 Å². The van der Waals surface area contributed by atoms with Gasteiger partial charge in [-0.1, -0.05) is 30.3 Å². The summed E-state index contributed by atoms with van der Waals surface area (Å²) in [6.07, 6.45) is 3.42. The van der Waals surface area contributed by atoms with Crippen LogP contribution in [0.25, 0.3) is 6.08 Å². The summed E-state index contributed by atoms with van der Waals surface area (Å²) in [5, 5.41) is 14.5. The number of carbonyl (C=O) groups is 1. The third-order valence-corrected chi connectivity index (χ3v) is 7.81. The summed E-state index contributed by atoms with van der Waals surface area (Å²) >= 11 is 1.45. The van der Waals surface area contributed by atoms with E-state index in [4.69, 9.17) is 9.47 Å². The number of para-hydroxylation sites is 1. The number of carbonyl (C=O) groups excluding carboxylic acids is 1. The summed E-state index contributed by atoms with van der Waals surface area (Å²) in [5.41, 5.74) is 2.19. The predicted octanol–water partition coefficient (Wildman–Crippen LogP) is 2.99. The van der Waals surface area contributed by atoms with Gasteiger partial charge in [0, 0.05) is 44.5 Å². The minimum atomic E-state index is -0.542. The Bertz CT molecular complexity index is 1090. The van der Waals surface area contributed by atoms with Crippen LogP contribution in [0.3, 0.4) is 0 Å². The predicted molar refractivity (Wildman–Crippen MR) is 148 cm³/mol. The molecule has 0 aromatic heterocycles. The van der Waals surface area contributed by atoms with E-state index in [0.29, 0.717) is 30.7 Å². The van der Waals surface area contributed by atoms with E-state index in [1.54, 1.807) is 0 Å². The van der Waals surface area contributed by atoms with E-state index in [1.165, 1.54) is 17.4 Å². The molecule has 0 aliphatic carbocycles. The van der Waals surface area contributed by atoms with Gasteiger partial charge in [-0.2, -0.15) is 4.99 Å². The molecule has 0 spiro atoms. The smallest absolute Gasteiger partial charge is 0.286 e. The van der Waals surface area contributed by atoms with Crippen LogP contribution in [0.2, 0.25) is 0 Å². The molecule has 1 amide bonds. The van der Waals surface area contributed by atoms with E-state index in [0.717, 1.165) is 55.5 Å². The van der Waals surface area contributed by atoms with Gasteiger partial charge in [0.15, 0.2) is 5.17 Å². The number of amides is 1. The summed E-state index contributed by atoms with van der Waals surface area (Å²) in [4.78, 5) is 21.8. The summed E-state index contributed by atoms with van der Waals surface area (Å²) in [6.45, 7) is 5.62. The Morgan fingerprint density at radius 1 is 1.05 bits per heavy atom. The number of anilines is 1. The third kappa shape index (κ3) is 7.13. The monoisotopic (exact) mass is 522 g/mol. The lowest BCUT2D eigenvalue weighted by Crippen LogP contribution is -2.45. The Morgan fingerprint density at radius 3 is 2.51 bits per heavy atom. The van der Waals surface area contributed by atoms with Crippen molar-refractivity contribution in [2.24, 2.45) is 4.99 Å². The molecule has 37 heavy (non-hydrogen) atoms. The van der Waals surface area contributed by atoms with E-state index in [1.807, 2.05) is 36.4 Å². The van der Waals surface area contributed by atoms with Crippen LogP contribution in [-0.4, -0.2) is 85.8 Å². The van der Waals surface area contributed by atoms with Crippen LogP contribution in [0.5, 0.6) is 5.75 Å². The molecule has 9 heteroatoms. The molecule has 3 aliphatic rings. The van der Waals surface area contributed by atoms with Gasteiger partial charge in [-0.15, -0.1) is 0 Å². The Morgan fingerprint density at radius 2 is 1.78 bits per heavy atom. The van der Waals surface area contributed by atoms with Crippen molar-refractivity contribution in [1.82, 2.24) is 10.2 Å². The van der Waals surface area contributed by atoms with E-state index in [2.05, 4.69) is 44.4 Å². The zero-order valence-corrected chi connectivity index (χ0v) is 21.7. The lowest BCUT2D eigenvalue weighted by atomic mass is 10.0. The van der Waals surface area contributed by atoms with Gasteiger partial charge >= 0.3 is 0 Å². The molecule has 3 heterocycles. The molecule has 8 nitrogen and oxygen atoms in total. The number of rotatable bonds is 8. The zero-order chi connectivity index (χ0) is 25.5. The maximum absolute atomic E-state index is 12.4. The molecule has 2 N–H and O–H groups in total. The number of nitrogens with zero attached hydrogens (tertiary/aromatic N) is 3. The number of piperidine rings is 1. The first-order valence-electron chi connectivity index (χ1n) is 12.9. The number of ether oxygens (including phenoxy) is 2. The Labute approximate surface area is 222 Å². The minimum Gasteiger partial charge on any atom is -0.491 e. The number of aliphatic hydroxyl groups excluding tert-OH is 1. The number of thioether (sulfide) groups is 1. The van der Waals surface area contributed by atoms with Gasteiger partial charge in [0.25, 0.3) is 5.91 Å². The highest BCUT2D eigenvalue weighted by Crippen LogP contribution is 2.31. The van der Waals surface area contributed by atoms with Gasteiger partial charge in [0.05, 0.1) is 18.1 Å². The quantitative estimate of drug-likeness (QED) is 0.512. The van der Waals surface area contributed by atoms with Gasteiger partial charge in [-0.3, -0.25) is 4.79 Å². The van der Waals surface area contributed by atoms with E-state index < -0.39 is 6.10 Å². The topological polar surface area (TPSA) is 86.6 Å². The number of amidine groups is 1. The molecule has 5 rings (SSSR count). The minimum absolute atomic E-state index is 0.165. The van der Waals surface area contributed by atoms with E-state index in [9.17, 15) is 9.90 Å². The van der Waals surface area contributed by atoms with Crippen LogP contribution in [0.1, 0.15) is 18.4 Å². The number of hydrogen-bond acceptors (Lipinski definition) is 8. The molecule has 2 saturated heterocycles. The number of hydrogen-bond donors (Lipinski definition) is 2. The number of aliphatic hydroxyl groups is 1. The number of morpholine rings is 1. The average molecular weight is 523 g/mol. The summed E-state index contributed by atoms with van der Waals surface area (Å²) in [7, 11) is 0. The summed E-state index contributed by atoms with van der Waals surface area (Å²) in [5.74, 6) is 0.610. The van der Waals surface area contributed by atoms with Crippen molar-refractivity contribution >= 4 is 34.6 Å². The fraction of sp³-hybridized carbons (Fsp3) is 0.429. The lowest BCUT2D eigenvalue weighted by Gasteiger charge is -2.34. The molecular weight excluding hydrogens is 488 g/mol. The van der Waals surface area contributed by atoms with Crippen molar-refractivity contribution in [3.8, 4) is 5.75 Å². The lowest BCUT2D eigenvalue weighted by molar-refractivity contribution is -0.113. The van der Waals surface area contributed by atoms with Crippen molar-refractivity contribution < 1.29 is 19.4 Å². The highest BCUT2D eigenvalue weighted by Gasteiger charge is 2.27. The Hall–Kier alpha value is -2.85. The molecule has 2 fully saturated rings. The zero-order valence-electron chi connectivity index (χ0n) is 20.9. The van der Waals surface area contributed by atoms with Crippen molar-refractivity contribution in [3.05, 3.63) is 65.1 Å². The molecule has 196 valence electrons. The van der Waals surface area contributed by atoms with Gasteiger partial charge in [-0.05, 0) is 60.5 Å². The second-order valence-corrected chi connectivity index (χ2v) is 10.5. The van der Waals surface area contributed by atoms with Crippen molar-refractivity contribution in [2.75, 3.05) is 57.4 Å². The molecule has 0 unspecified atom stereocenters. The SMILES string of the molecule is O=C1N=C(N2CCOCC2)SC1=Cc1ccc(N2CCC(NC[C@H](O)COc3ccccc3)CC2)cc1. The first-order chi connectivity index (χ1) is 18.1. The molecule has 0 saturated carbocycles. The molecule has 2 aromatic carbocycles. The van der Waals surface area contributed by atoms with Gasteiger partial charge < -0.3 is 29.7 Å². The molecule has 0 radical (unpaired) electrons. The highest BCUT2D eigenvalue weighted by atomic mass is 32.2. The van der Waals surface area contributed by atoms with Crippen LogP contribution in [0.15, 0.2) is 64.5 Å². The van der Waals surface area contributed by atoms with Crippen LogP contribution in [0.4, 0.5) is 5.69 Å².